The molecule has 0 saturated heterocycles. The molecule has 0 atom stereocenters. The normalized spacial score (nSPS) is 11.4. The van der Waals surface area contributed by atoms with Gasteiger partial charge in [0, 0.05) is 0 Å². The third kappa shape index (κ3) is 2.52. The molecule has 0 amide bonds. The number of para-hydroxylation sites is 1. The lowest BCUT2D eigenvalue weighted by molar-refractivity contribution is 1.13. The molecular weight excluding hydrogens is 274 g/mol. The van der Waals surface area contributed by atoms with Gasteiger partial charge in [0.05, 0.1) is 16.5 Å². The van der Waals surface area contributed by atoms with E-state index in [-0.39, 0.29) is 11.4 Å². The van der Waals surface area contributed by atoms with Crippen LogP contribution in [0.3, 0.4) is 0 Å². The van der Waals surface area contributed by atoms with Crippen LogP contribution >= 0.6 is 0 Å². The monoisotopic (exact) mass is 287 g/mol. The lowest BCUT2D eigenvalue weighted by Crippen LogP contribution is -2.11. The highest BCUT2D eigenvalue weighted by Gasteiger charge is 2.08. The summed E-state index contributed by atoms with van der Waals surface area (Å²) in [5.41, 5.74) is 2.64. The molecule has 4 heteroatoms. The van der Waals surface area contributed by atoms with E-state index in [1.165, 1.54) is 0 Å². The number of benzene rings is 2. The van der Waals surface area contributed by atoms with Gasteiger partial charge in [-0.3, -0.25) is 4.79 Å². The lowest BCUT2D eigenvalue weighted by atomic mass is 10.1. The summed E-state index contributed by atoms with van der Waals surface area (Å²) in [5, 5.41) is 9.93. The molecule has 22 heavy (non-hydrogen) atoms. The van der Waals surface area contributed by atoms with E-state index in [0.29, 0.717) is 16.5 Å². The smallest absolute Gasteiger partial charge is 0.259 e. The highest BCUT2D eigenvalue weighted by atomic mass is 16.1. The van der Waals surface area contributed by atoms with Crippen LogP contribution in [0.2, 0.25) is 0 Å². The van der Waals surface area contributed by atoms with Crippen molar-refractivity contribution in [2.24, 2.45) is 0 Å². The van der Waals surface area contributed by atoms with Crippen LogP contribution in [-0.2, 0) is 0 Å². The maximum Gasteiger partial charge on any atom is 0.259 e. The molecule has 0 spiro atoms. The van der Waals surface area contributed by atoms with Crippen LogP contribution in [-0.4, -0.2) is 9.97 Å². The average Bonchev–Trinajstić information content (AvgIpc) is 2.54. The largest absolute Gasteiger partial charge is 0.305 e. The fourth-order valence-electron chi connectivity index (χ4n) is 2.27. The number of allylic oxidation sites excluding steroid dienone is 1. The zero-order chi connectivity index (χ0) is 15.5. The molecule has 1 heterocycles. The first-order valence-electron chi connectivity index (χ1n) is 6.86. The van der Waals surface area contributed by atoms with Gasteiger partial charge in [-0.15, -0.1) is 0 Å². The first-order valence-corrected chi connectivity index (χ1v) is 6.86. The van der Waals surface area contributed by atoms with E-state index in [4.69, 9.17) is 0 Å². The van der Waals surface area contributed by atoms with Crippen molar-refractivity contribution in [3.63, 3.8) is 0 Å². The maximum atomic E-state index is 12.1. The van der Waals surface area contributed by atoms with E-state index >= 15 is 0 Å². The third-order valence-corrected chi connectivity index (χ3v) is 3.48. The first-order chi connectivity index (χ1) is 10.7. The van der Waals surface area contributed by atoms with Gasteiger partial charge in [-0.05, 0) is 36.3 Å². The summed E-state index contributed by atoms with van der Waals surface area (Å²) in [4.78, 5) is 19.2. The summed E-state index contributed by atoms with van der Waals surface area (Å²) >= 11 is 0. The molecule has 4 nitrogen and oxygen atoms in total. The van der Waals surface area contributed by atoms with Gasteiger partial charge in [0.1, 0.15) is 6.07 Å². The Labute approximate surface area is 127 Å². The molecule has 0 unspecified atom stereocenters. The quantitative estimate of drug-likeness (QED) is 0.735. The van der Waals surface area contributed by atoms with Gasteiger partial charge in [0.2, 0.25) is 0 Å². The molecular formula is C18H13N3O. The number of aromatic amines is 1. The van der Waals surface area contributed by atoms with E-state index in [9.17, 15) is 10.1 Å². The number of nitrogens with one attached hydrogen (secondary N) is 1. The minimum atomic E-state index is -0.244. The lowest BCUT2D eigenvalue weighted by Gasteiger charge is -2.03. The van der Waals surface area contributed by atoms with Crippen LogP contribution in [0.15, 0.2) is 53.3 Å². The van der Waals surface area contributed by atoms with E-state index < -0.39 is 0 Å². The van der Waals surface area contributed by atoms with Crippen molar-refractivity contribution in [2.75, 3.05) is 0 Å². The van der Waals surface area contributed by atoms with Crippen LogP contribution in [0.4, 0.5) is 0 Å². The Morgan fingerprint density at radius 2 is 1.91 bits per heavy atom. The van der Waals surface area contributed by atoms with Gasteiger partial charge in [0.25, 0.3) is 5.56 Å². The standard InChI is InChI=1S/C18H13N3O/c1-12-6-2-3-7-13(12)10-14(11-19)17-20-16-9-5-4-8-15(16)18(22)21-17/h2-10H,1H3,(H,20,21,22)/b14-10+. The van der Waals surface area contributed by atoms with Gasteiger partial charge in [0.15, 0.2) is 5.82 Å². The molecule has 0 aliphatic carbocycles. The fourth-order valence-corrected chi connectivity index (χ4v) is 2.27. The van der Waals surface area contributed by atoms with E-state index in [1.54, 1.807) is 24.3 Å². The second kappa shape index (κ2) is 5.66. The molecule has 3 aromatic rings. The minimum absolute atomic E-state index is 0.244. The van der Waals surface area contributed by atoms with Crippen LogP contribution in [0.5, 0.6) is 0 Å². The number of nitriles is 1. The molecule has 0 radical (unpaired) electrons. The molecule has 3 rings (SSSR count). The number of aromatic nitrogens is 2. The number of hydrogen-bond donors (Lipinski definition) is 1. The van der Waals surface area contributed by atoms with Gasteiger partial charge < -0.3 is 4.98 Å². The molecule has 0 aliphatic rings. The number of nitrogens with zero attached hydrogens (tertiary/aromatic N) is 2. The zero-order valence-corrected chi connectivity index (χ0v) is 12.0. The van der Waals surface area contributed by atoms with Crippen LogP contribution in [0, 0.1) is 18.3 Å². The fraction of sp³-hybridized carbons (Fsp3) is 0.0556. The van der Waals surface area contributed by atoms with Gasteiger partial charge >= 0.3 is 0 Å². The first kappa shape index (κ1) is 13.8. The SMILES string of the molecule is Cc1ccccc1/C=C(\C#N)c1nc2ccccc2c(=O)[nH]1. The molecule has 106 valence electrons. The van der Waals surface area contributed by atoms with E-state index in [2.05, 4.69) is 16.0 Å². The van der Waals surface area contributed by atoms with Gasteiger partial charge in [-0.2, -0.15) is 5.26 Å². The summed E-state index contributed by atoms with van der Waals surface area (Å²) in [5.74, 6) is 0.287. The zero-order valence-electron chi connectivity index (χ0n) is 12.0. The van der Waals surface area contributed by atoms with Crippen molar-refractivity contribution in [3.8, 4) is 6.07 Å². The summed E-state index contributed by atoms with van der Waals surface area (Å²) in [6.45, 7) is 1.97. The predicted molar refractivity (Wildman–Crippen MR) is 87.0 cm³/mol. The molecule has 2 aromatic carbocycles. The van der Waals surface area contributed by atoms with Gasteiger partial charge in [-0.25, -0.2) is 4.98 Å². The van der Waals surface area contributed by atoms with Crippen LogP contribution in [0.25, 0.3) is 22.6 Å². The summed E-state index contributed by atoms with van der Waals surface area (Å²) in [6.07, 6.45) is 1.74. The second-order valence-electron chi connectivity index (χ2n) is 4.96. The van der Waals surface area contributed by atoms with Crippen molar-refractivity contribution in [3.05, 3.63) is 75.8 Å². The van der Waals surface area contributed by atoms with Crippen molar-refractivity contribution in [1.29, 1.82) is 5.26 Å². The average molecular weight is 287 g/mol. The minimum Gasteiger partial charge on any atom is -0.305 e. The summed E-state index contributed by atoms with van der Waals surface area (Å²) < 4.78 is 0. The maximum absolute atomic E-state index is 12.1. The summed E-state index contributed by atoms with van der Waals surface area (Å²) in [7, 11) is 0. The Bertz CT molecular complexity index is 977. The van der Waals surface area contributed by atoms with Crippen molar-refractivity contribution < 1.29 is 0 Å². The Balaban J connectivity index is 2.18. The van der Waals surface area contributed by atoms with Crippen LogP contribution < -0.4 is 5.56 Å². The number of rotatable bonds is 2. The Hall–Kier alpha value is -3.19. The van der Waals surface area contributed by atoms with Gasteiger partial charge in [-0.1, -0.05) is 36.4 Å². The second-order valence-corrected chi connectivity index (χ2v) is 4.96. The van der Waals surface area contributed by atoms with E-state index in [0.717, 1.165) is 11.1 Å². The Morgan fingerprint density at radius 3 is 2.68 bits per heavy atom. The molecule has 1 N–H and O–H groups in total. The van der Waals surface area contributed by atoms with Crippen molar-refractivity contribution in [2.45, 2.75) is 6.92 Å². The highest BCUT2D eigenvalue weighted by Crippen LogP contribution is 2.17. The highest BCUT2D eigenvalue weighted by molar-refractivity contribution is 5.89. The molecule has 0 bridgehead atoms. The third-order valence-electron chi connectivity index (χ3n) is 3.48. The Kier molecular flexibility index (Phi) is 3.55. The number of hydrogen-bond acceptors (Lipinski definition) is 3. The topological polar surface area (TPSA) is 69.5 Å². The number of aryl methyl sites for hydroxylation is 1. The molecule has 0 saturated carbocycles. The van der Waals surface area contributed by atoms with Crippen molar-refractivity contribution in [1.82, 2.24) is 9.97 Å². The molecule has 0 aliphatic heterocycles. The Morgan fingerprint density at radius 1 is 1.18 bits per heavy atom. The molecule has 1 aromatic heterocycles. The van der Waals surface area contributed by atoms with E-state index in [1.807, 2.05) is 37.3 Å². The molecule has 0 fully saturated rings. The summed E-state index contributed by atoms with van der Waals surface area (Å²) in [6, 6.07) is 16.9. The van der Waals surface area contributed by atoms with Crippen molar-refractivity contribution >= 4 is 22.6 Å². The van der Waals surface area contributed by atoms with Crippen LogP contribution in [0.1, 0.15) is 17.0 Å². The number of H-pyrrole nitrogens is 1. The predicted octanol–water partition coefficient (Wildman–Crippen LogP) is 3.30. The number of fused-ring (bicyclic) bond motifs is 1.